The molecular formula is C24H25ClFN5O. The largest absolute Gasteiger partial charge is 0.329 e. The molecule has 32 heavy (non-hydrogen) atoms. The molecule has 3 heterocycles. The van der Waals surface area contributed by atoms with Gasteiger partial charge >= 0.3 is 0 Å². The van der Waals surface area contributed by atoms with E-state index in [1.807, 2.05) is 53.7 Å². The minimum Gasteiger partial charge on any atom is -0.329 e. The minimum absolute atomic E-state index is 0.0494. The first-order chi connectivity index (χ1) is 15.4. The predicted molar refractivity (Wildman–Crippen MR) is 124 cm³/mol. The zero-order valence-electron chi connectivity index (χ0n) is 18.3. The minimum atomic E-state index is -0.435. The number of amides is 1. The molecule has 3 aromatic rings. The highest BCUT2D eigenvalue weighted by atomic mass is 35.5. The molecule has 1 aliphatic rings. The number of benzene rings is 1. The second-order valence-electron chi connectivity index (χ2n) is 8.06. The molecule has 0 fully saturated rings. The van der Waals surface area contributed by atoms with Crippen LogP contribution in [-0.4, -0.2) is 57.7 Å². The molecule has 2 aromatic heterocycles. The number of pyridine rings is 1. The van der Waals surface area contributed by atoms with Crippen molar-refractivity contribution >= 4 is 17.5 Å². The maximum atomic E-state index is 14.9. The predicted octanol–water partition coefficient (Wildman–Crippen LogP) is 4.43. The lowest BCUT2D eigenvalue weighted by molar-refractivity contribution is -0.129. The average Bonchev–Trinajstić information content (AvgIpc) is 3.14. The molecule has 0 spiro atoms. The van der Waals surface area contributed by atoms with Crippen LogP contribution in [0.3, 0.4) is 0 Å². The van der Waals surface area contributed by atoms with Gasteiger partial charge < -0.3 is 9.80 Å². The van der Waals surface area contributed by atoms with Crippen LogP contribution in [0.1, 0.15) is 18.7 Å². The van der Waals surface area contributed by atoms with Crippen LogP contribution in [0.5, 0.6) is 0 Å². The summed E-state index contributed by atoms with van der Waals surface area (Å²) < 4.78 is 16.8. The number of rotatable bonds is 5. The van der Waals surface area contributed by atoms with E-state index in [1.54, 1.807) is 30.6 Å². The lowest BCUT2D eigenvalue weighted by atomic mass is 9.95. The average molecular weight is 454 g/mol. The van der Waals surface area contributed by atoms with Gasteiger partial charge in [0.15, 0.2) is 0 Å². The number of likely N-dealkylation sites (N-methyl/N-ethyl adjacent to an activating group) is 1. The van der Waals surface area contributed by atoms with E-state index in [4.69, 9.17) is 16.7 Å². The van der Waals surface area contributed by atoms with Gasteiger partial charge in [-0.05, 0) is 56.9 Å². The van der Waals surface area contributed by atoms with Gasteiger partial charge in [-0.3, -0.25) is 14.5 Å². The van der Waals surface area contributed by atoms with Crippen LogP contribution in [0.2, 0.25) is 5.02 Å². The van der Waals surface area contributed by atoms with E-state index < -0.39 is 5.82 Å². The zero-order chi connectivity index (χ0) is 22.8. The molecule has 1 aliphatic heterocycles. The SMILES string of the molecule is C[C@@H]1c2c(-c3ccncc3)c(-c3ccc(Cl)cc3F)nn2CCN1C(=O)/C=C/CN(C)C. The molecule has 0 radical (unpaired) electrons. The van der Waals surface area contributed by atoms with Crippen LogP contribution in [0.25, 0.3) is 22.4 Å². The van der Waals surface area contributed by atoms with Gasteiger partial charge in [-0.2, -0.15) is 5.10 Å². The van der Waals surface area contributed by atoms with Crippen molar-refractivity contribution in [1.82, 2.24) is 24.6 Å². The third-order valence-corrected chi connectivity index (χ3v) is 5.81. The normalized spacial score (nSPS) is 16.1. The first kappa shape index (κ1) is 22.2. The summed E-state index contributed by atoms with van der Waals surface area (Å²) in [4.78, 5) is 20.9. The molecule has 6 nitrogen and oxygen atoms in total. The quantitative estimate of drug-likeness (QED) is 0.536. The third-order valence-electron chi connectivity index (χ3n) is 5.58. The van der Waals surface area contributed by atoms with E-state index in [-0.39, 0.29) is 11.9 Å². The zero-order valence-corrected chi connectivity index (χ0v) is 19.1. The van der Waals surface area contributed by atoms with E-state index in [0.717, 1.165) is 16.8 Å². The van der Waals surface area contributed by atoms with Crippen LogP contribution >= 0.6 is 11.6 Å². The summed E-state index contributed by atoms with van der Waals surface area (Å²) in [6, 6.07) is 8.11. The number of halogens is 2. The summed E-state index contributed by atoms with van der Waals surface area (Å²) in [5, 5.41) is 5.10. The van der Waals surface area contributed by atoms with Crippen molar-refractivity contribution in [3.63, 3.8) is 0 Å². The summed E-state index contributed by atoms with van der Waals surface area (Å²) in [5.41, 5.74) is 3.45. The number of hydrogen-bond acceptors (Lipinski definition) is 4. The van der Waals surface area contributed by atoms with Crippen LogP contribution in [-0.2, 0) is 11.3 Å². The third kappa shape index (κ3) is 4.31. The first-order valence-corrected chi connectivity index (χ1v) is 10.8. The monoisotopic (exact) mass is 453 g/mol. The van der Waals surface area contributed by atoms with Crippen molar-refractivity contribution in [2.24, 2.45) is 0 Å². The van der Waals surface area contributed by atoms with Gasteiger partial charge in [0.2, 0.25) is 5.91 Å². The van der Waals surface area contributed by atoms with Gasteiger partial charge in [-0.1, -0.05) is 17.7 Å². The fourth-order valence-corrected chi connectivity index (χ4v) is 4.21. The Balaban J connectivity index is 1.81. The molecule has 8 heteroatoms. The van der Waals surface area contributed by atoms with E-state index in [9.17, 15) is 9.18 Å². The lowest BCUT2D eigenvalue weighted by Crippen LogP contribution is -2.40. The number of hydrogen-bond donors (Lipinski definition) is 0. The van der Waals surface area contributed by atoms with E-state index in [1.165, 1.54) is 6.07 Å². The summed E-state index contributed by atoms with van der Waals surface area (Å²) >= 11 is 5.97. The van der Waals surface area contributed by atoms with Crippen molar-refractivity contribution in [1.29, 1.82) is 0 Å². The van der Waals surface area contributed by atoms with Crippen molar-refractivity contribution in [3.8, 4) is 22.4 Å². The number of carbonyl (C=O) groups is 1. The molecule has 1 aromatic carbocycles. The second kappa shape index (κ2) is 9.22. The van der Waals surface area contributed by atoms with Crippen molar-refractivity contribution in [3.05, 3.63) is 71.4 Å². The van der Waals surface area contributed by atoms with Crippen LogP contribution in [0.15, 0.2) is 54.9 Å². The number of fused-ring (bicyclic) bond motifs is 1. The van der Waals surface area contributed by atoms with Crippen LogP contribution in [0, 0.1) is 5.82 Å². The molecular weight excluding hydrogens is 429 g/mol. The van der Waals surface area contributed by atoms with Crippen molar-refractivity contribution < 1.29 is 9.18 Å². The number of nitrogens with zero attached hydrogens (tertiary/aromatic N) is 5. The van der Waals surface area contributed by atoms with Gasteiger partial charge in [-0.25, -0.2) is 4.39 Å². The molecule has 0 aliphatic carbocycles. The molecule has 0 bridgehead atoms. The molecule has 1 amide bonds. The molecule has 0 saturated heterocycles. The second-order valence-corrected chi connectivity index (χ2v) is 8.50. The maximum absolute atomic E-state index is 14.9. The molecule has 166 valence electrons. The van der Waals surface area contributed by atoms with Gasteiger partial charge in [0, 0.05) is 47.7 Å². The fourth-order valence-electron chi connectivity index (χ4n) is 4.05. The molecule has 0 unspecified atom stereocenters. The Hall–Kier alpha value is -3.03. The summed E-state index contributed by atoms with van der Waals surface area (Å²) in [6.07, 6.45) is 6.87. The summed E-state index contributed by atoms with van der Waals surface area (Å²) in [5.74, 6) is -0.484. The van der Waals surface area contributed by atoms with E-state index in [2.05, 4.69) is 4.98 Å². The Bertz CT molecular complexity index is 1160. The van der Waals surface area contributed by atoms with E-state index in [0.29, 0.717) is 35.9 Å². The Morgan fingerprint density at radius 1 is 1.25 bits per heavy atom. The topological polar surface area (TPSA) is 54.3 Å². The van der Waals surface area contributed by atoms with Crippen molar-refractivity contribution in [2.75, 3.05) is 27.2 Å². The molecule has 0 saturated carbocycles. The van der Waals surface area contributed by atoms with Gasteiger partial charge in [-0.15, -0.1) is 0 Å². The Morgan fingerprint density at radius 2 is 2.00 bits per heavy atom. The fraction of sp³-hybridized carbons (Fsp3) is 0.292. The summed E-state index contributed by atoms with van der Waals surface area (Å²) in [6.45, 7) is 3.73. The molecule has 1 atom stereocenters. The van der Waals surface area contributed by atoms with Crippen molar-refractivity contribution in [2.45, 2.75) is 19.5 Å². The van der Waals surface area contributed by atoms with E-state index >= 15 is 0 Å². The Morgan fingerprint density at radius 3 is 2.69 bits per heavy atom. The van der Waals surface area contributed by atoms with Crippen LogP contribution < -0.4 is 0 Å². The Labute approximate surface area is 191 Å². The first-order valence-electron chi connectivity index (χ1n) is 10.4. The van der Waals surface area contributed by atoms with Gasteiger partial charge in [0.25, 0.3) is 0 Å². The molecule has 4 rings (SSSR count). The van der Waals surface area contributed by atoms with Crippen LogP contribution in [0.4, 0.5) is 4.39 Å². The highest BCUT2D eigenvalue weighted by Gasteiger charge is 2.33. The molecule has 0 N–H and O–H groups in total. The summed E-state index contributed by atoms with van der Waals surface area (Å²) in [7, 11) is 3.91. The highest BCUT2D eigenvalue weighted by Crippen LogP contribution is 2.41. The smallest absolute Gasteiger partial charge is 0.246 e. The maximum Gasteiger partial charge on any atom is 0.246 e. The van der Waals surface area contributed by atoms with Gasteiger partial charge in [0.05, 0.1) is 18.3 Å². The number of carbonyl (C=O) groups excluding carboxylic acids is 1. The van der Waals surface area contributed by atoms with Gasteiger partial charge in [0.1, 0.15) is 11.5 Å². The lowest BCUT2D eigenvalue weighted by Gasteiger charge is -2.34. The highest BCUT2D eigenvalue weighted by molar-refractivity contribution is 6.30. The standard InChI is InChI=1S/C24H25ClFN5O/c1-16-24-22(17-8-10-27-11-9-17)23(19-7-6-18(25)15-20(19)26)28-31(24)14-13-30(16)21(32)5-4-12-29(2)3/h4-11,15-16H,12-14H2,1-3H3/b5-4+/t16-/m1/s1. The number of aromatic nitrogens is 3. The Kier molecular flexibility index (Phi) is 6.39.